The fourth-order valence-corrected chi connectivity index (χ4v) is 6.98. The number of anilines is 2. The second-order valence-corrected chi connectivity index (χ2v) is 12.2. The van der Waals surface area contributed by atoms with Crippen LogP contribution in [0.3, 0.4) is 0 Å². The Kier molecular flexibility index (Phi) is 7.95. The Labute approximate surface area is 223 Å². The normalized spacial score (nSPS) is 17.4. The maximum atomic E-state index is 13.8. The molecular weight excluding hydrogens is 500 g/mol. The molecule has 38 heavy (non-hydrogen) atoms. The number of aromatic amines is 1. The van der Waals surface area contributed by atoms with Gasteiger partial charge in [0.05, 0.1) is 16.7 Å². The number of nitriles is 1. The fourth-order valence-electron chi connectivity index (χ4n) is 5.61. The molecule has 10 heteroatoms. The lowest BCUT2D eigenvalue weighted by Crippen LogP contribution is -2.39. The molecule has 1 aliphatic carbocycles. The predicted molar refractivity (Wildman–Crippen MR) is 147 cm³/mol. The van der Waals surface area contributed by atoms with Crippen LogP contribution in [0.4, 0.5) is 11.4 Å². The number of piperidine rings is 1. The number of benzene rings is 1. The molecule has 200 valence electrons. The number of hydrogen-bond acceptors (Lipinski definition) is 7. The van der Waals surface area contributed by atoms with Crippen LogP contribution < -0.4 is 10.6 Å². The highest BCUT2D eigenvalue weighted by molar-refractivity contribution is 7.91. The monoisotopic (exact) mass is 534 g/mol. The molecule has 0 radical (unpaired) electrons. The third-order valence-corrected chi connectivity index (χ3v) is 9.37. The smallest absolute Gasteiger partial charge is 0.226 e. The molecule has 0 atom stereocenters. The first-order valence-corrected chi connectivity index (χ1v) is 14.9. The first-order chi connectivity index (χ1) is 18.5. The van der Waals surface area contributed by atoms with E-state index in [1.54, 1.807) is 36.5 Å². The molecule has 0 bridgehead atoms. The lowest BCUT2D eigenvalue weighted by molar-refractivity contribution is -0.117. The van der Waals surface area contributed by atoms with Gasteiger partial charge in [-0.15, -0.1) is 0 Å². The van der Waals surface area contributed by atoms with Crippen LogP contribution in [0.15, 0.2) is 52.5 Å². The Balaban J connectivity index is 1.52. The van der Waals surface area contributed by atoms with Gasteiger partial charge >= 0.3 is 0 Å². The Morgan fingerprint density at radius 3 is 2.53 bits per heavy atom. The molecule has 1 saturated carbocycles. The summed E-state index contributed by atoms with van der Waals surface area (Å²) in [6.45, 7) is 2.45. The van der Waals surface area contributed by atoms with Crippen LogP contribution in [-0.2, 0) is 14.6 Å². The van der Waals surface area contributed by atoms with Crippen molar-refractivity contribution in [1.29, 1.82) is 5.26 Å². The lowest BCUT2D eigenvalue weighted by Gasteiger charge is -2.33. The molecule has 1 amide bonds. The number of H-pyrrole nitrogens is 1. The number of nitrogens with zero attached hydrogens (tertiary/aromatic N) is 3. The number of likely N-dealkylation sites (tertiary alicyclic amines) is 1. The van der Waals surface area contributed by atoms with Crippen LogP contribution in [0, 0.1) is 17.2 Å². The second kappa shape index (κ2) is 11.5. The largest absolute Gasteiger partial charge is 0.380 e. The molecule has 2 aromatic heterocycles. The van der Waals surface area contributed by atoms with Crippen LogP contribution >= 0.6 is 0 Å². The Morgan fingerprint density at radius 1 is 1.08 bits per heavy atom. The van der Waals surface area contributed by atoms with Crippen molar-refractivity contribution in [3.05, 3.63) is 42.6 Å². The summed E-state index contributed by atoms with van der Waals surface area (Å²) in [6.07, 6.45) is 8.59. The summed E-state index contributed by atoms with van der Waals surface area (Å²) in [5, 5.41) is 16.1. The van der Waals surface area contributed by atoms with Gasteiger partial charge in [-0.25, -0.2) is 13.4 Å². The van der Waals surface area contributed by atoms with E-state index in [9.17, 15) is 13.2 Å². The van der Waals surface area contributed by atoms with Gasteiger partial charge in [0.25, 0.3) is 0 Å². The van der Waals surface area contributed by atoms with Crippen molar-refractivity contribution in [2.24, 2.45) is 5.92 Å². The number of fused-ring (bicyclic) bond motifs is 1. The maximum absolute atomic E-state index is 13.8. The number of carbonyl (C=O) groups excluding carboxylic acids is 1. The number of nitrogens with one attached hydrogen (secondary N) is 3. The minimum Gasteiger partial charge on any atom is -0.380 e. The van der Waals surface area contributed by atoms with E-state index in [2.05, 4.69) is 31.6 Å². The van der Waals surface area contributed by atoms with E-state index < -0.39 is 9.84 Å². The summed E-state index contributed by atoms with van der Waals surface area (Å²) in [5.74, 6) is 0.134. The first-order valence-electron chi connectivity index (χ1n) is 13.4. The highest BCUT2D eigenvalue weighted by atomic mass is 32.2. The van der Waals surface area contributed by atoms with Gasteiger partial charge in [0, 0.05) is 50.1 Å². The molecule has 2 aliphatic rings. The number of rotatable bonds is 9. The van der Waals surface area contributed by atoms with E-state index in [1.165, 1.54) is 0 Å². The molecule has 2 fully saturated rings. The van der Waals surface area contributed by atoms with Crippen LogP contribution in [-0.4, -0.2) is 54.9 Å². The molecule has 0 spiro atoms. The molecule has 9 nitrogen and oxygen atoms in total. The average molecular weight is 535 g/mol. The van der Waals surface area contributed by atoms with Crippen molar-refractivity contribution in [3.8, 4) is 6.07 Å². The molecule has 5 rings (SSSR count). The minimum atomic E-state index is -4.02. The molecule has 1 saturated heterocycles. The standard InChI is InChI=1S/C28H34N6O3S/c29-14-6-16-34-17-12-21(13-18-34)31-25-23-11-15-30-27(23)33-28(38(36,37)22-9-2-1-3-10-22)26(25)32-24(35)19-20-7-4-5-8-20/h1-3,9-11,15,20-21H,4-8,12-13,16-19H2,(H,32,35)(H2,30,31,33). The molecule has 1 aliphatic heterocycles. The lowest BCUT2D eigenvalue weighted by atomic mass is 10.0. The van der Waals surface area contributed by atoms with E-state index >= 15 is 0 Å². The number of sulfone groups is 1. The molecular formula is C28H34N6O3S. The SMILES string of the molecule is N#CCCN1CCC(Nc2c(NC(=O)CC3CCCC3)c(S(=O)(=O)c3ccccc3)nc3[nH]ccc23)CC1. The van der Waals surface area contributed by atoms with Gasteiger partial charge < -0.3 is 20.5 Å². The highest BCUT2D eigenvalue weighted by Crippen LogP contribution is 2.39. The Hall–Kier alpha value is -3.42. The minimum absolute atomic E-state index is 0.0894. The highest BCUT2D eigenvalue weighted by Gasteiger charge is 2.31. The Bertz CT molecular complexity index is 1420. The molecule has 3 heterocycles. The third-order valence-electron chi connectivity index (χ3n) is 7.67. The number of hydrogen-bond donors (Lipinski definition) is 3. The van der Waals surface area contributed by atoms with Gasteiger partial charge in [-0.1, -0.05) is 31.0 Å². The summed E-state index contributed by atoms with van der Waals surface area (Å²) in [7, 11) is -4.02. The Morgan fingerprint density at radius 2 is 1.82 bits per heavy atom. The average Bonchev–Trinajstić information content (AvgIpc) is 3.62. The maximum Gasteiger partial charge on any atom is 0.226 e. The first kappa shape index (κ1) is 26.2. The van der Waals surface area contributed by atoms with Gasteiger partial charge in [-0.3, -0.25) is 4.79 Å². The molecule has 3 N–H and O–H groups in total. The molecule has 3 aromatic rings. The number of carbonyl (C=O) groups is 1. The van der Waals surface area contributed by atoms with Crippen LogP contribution in [0.2, 0.25) is 0 Å². The van der Waals surface area contributed by atoms with Crippen molar-refractivity contribution in [3.63, 3.8) is 0 Å². The summed E-state index contributed by atoms with van der Waals surface area (Å²) >= 11 is 0. The van der Waals surface area contributed by atoms with Crippen LogP contribution in [0.25, 0.3) is 11.0 Å². The van der Waals surface area contributed by atoms with Crippen molar-refractivity contribution < 1.29 is 13.2 Å². The summed E-state index contributed by atoms with van der Waals surface area (Å²) in [4.78, 5) is 23.2. The van der Waals surface area contributed by atoms with Gasteiger partial charge in [0.2, 0.25) is 15.7 Å². The van der Waals surface area contributed by atoms with Gasteiger partial charge in [-0.05, 0) is 49.8 Å². The molecule has 1 aromatic carbocycles. The number of amides is 1. The van der Waals surface area contributed by atoms with Crippen molar-refractivity contribution >= 4 is 38.2 Å². The quantitative estimate of drug-likeness (QED) is 0.362. The zero-order valence-corrected chi connectivity index (χ0v) is 22.3. The zero-order chi connectivity index (χ0) is 26.5. The molecule has 0 unspecified atom stereocenters. The van der Waals surface area contributed by atoms with E-state index in [-0.39, 0.29) is 27.6 Å². The van der Waals surface area contributed by atoms with Crippen molar-refractivity contribution in [2.75, 3.05) is 30.3 Å². The van der Waals surface area contributed by atoms with Crippen LogP contribution in [0.5, 0.6) is 0 Å². The summed E-state index contributed by atoms with van der Waals surface area (Å²) in [6, 6.07) is 12.4. The van der Waals surface area contributed by atoms with Crippen LogP contribution in [0.1, 0.15) is 51.4 Å². The van der Waals surface area contributed by atoms with E-state index in [0.29, 0.717) is 30.1 Å². The van der Waals surface area contributed by atoms with Crippen molar-refractivity contribution in [1.82, 2.24) is 14.9 Å². The predicted octanol–water partition coefficient (Wildman–Crippen LogP) is 4.70. The summed E-state index contributed by atoms with van der Waals surface area (Å²) < 4.78 is 27.7. The number of pyridine rings is 1. The topological polar surface area (TPSA) is 131 Å². The van der Waals surface area contributed by atoms with Gasteiger partial charge in [0.1, 0.15) is 11.3 Å². The van der Waals surface area contributed by atoms with Crippen molar-refractivity contribution in [2.45, 2.75) is 67.3 Å². The number of aromatic nitrogens is 2. The van der Waals surface area contributed by atoms with Gasteiger partial charge in [0.15, 0.2) is 5.03 Å². The second-order valence-electron chi connectivity index (χ2n) is 10.3. The van der Waals surface area contributed by atoms with E-state index in [4.69, 9.17) is 5.26 Å². The fraction of sp³-hybridized carbons (Fsp3) is 0.464. The van der Waals surface area contributed by atoms with Gasteiger partial charge in [-0.2, -0.15) is 5.26 Å². The zero-order valence-electron chi connectivity index (χ0n) is 21.4. The summed E-state index contributed by atoms with van der Waals surface area (Å²) in [5.41, 5.74) is 1.25. The van der Waals surface area contributed by atoms with E-state index in [1.807, 2.05) is 6.07 Å². The van der Waals surface area contributed by atoms with E-state index in [0.717, 1.165) is 63.5 Å². The third kappa shape index (κ3) is 5.69.